The van der Waals surface area contributed by atoms with Crippen molar-refractivity contribution in [3.8, 4) is 5.75 Å². The fraction of sp³-hybridized carbons (Fsp3) is 0.231. The summed E-state index contributed by atoms with van der Waals surface area (Å²) in [5.74, 6) is 0.0478. The van der Waals surface area contributed by atoms with Crippen molar-refractivity contribution in [3.05, 3.63) is 89.5 Å². The van der Waals surface area contributed by atoms with Gasteiger partial charge in [-0.15, -0.1) is 0 Å². The standard InChI is InChI=1S/C26H25N3O4S/c1-17-9-12-21(13-10-17)34(31,32)28-16-23-25(22-15-20(33-3)11-14-24(22)28)27-29(18(2)30)26(23)19-7-5-4-6-8-19/h4-15,23,26H,16H2,1-3H3/t23-,26+/m0/s1. The zero-order valence-corrected chi connectivity index (χ0v) is 20.0. The van der Waals surface area contributed by atoms with Crippen molar-refractivity contribution in [2.75, 3.05) is 18.0 Å². The molecule has 3 aromatic rings. The van der Waals surface area contributed by atoms with Crippen molar-refractivity contribution in [1.29, 1.82) is 0 Å². The van der Waals surface area contributed by atoms with Gasteiger partial charge < -0.3 is 4.74 Å². The highest BCUT2D eigenvalue weighted by Gasteiger charge is 2.47. The lowest BCUT2D eigenvalue weighted by atomic mass is 9.84. The molecule has 0 saturated heterocycles. The Morgan fingerprint density at radius 2 is 1.74 bits per heavy atom. The molecule has 2 atom stereocenters. The fourth-order valence-corrected chi connectivity index (χ4v) is 6.22. The number of carbonyl (C=O) groups excluding carboxylic acids is 1. The molecule has 0 fully saturated rings. The lowest BCUT2D eigenvalue weighted by Gasteiger charge is -2.36. The van der Waals surface area contributed by atoms with Crippen molar-refractivity contribution < 1.29 is 17.9 Å². The molecule has 1 amide bonds. The summed E-state index contributed by atoms with van der Waals surface area (Å²) in [7, 11) is -2.30. The highest BCUT2D eigenvalue weighted by atomic mass is 32.2. The summed E-state index contributed by atoms with van der Waals surface area (Å²) in [5, 5.41) is 6.18. The number of benzene rings is 3. The second kappa shape index (κ2) is 8.29. The Hall–Kier alpha value is -3.65. The zero-order valence-electron chi connectivity index (χ0n) is 19.2. The summed E-state index contributed by atoms with van der Waals surface area (Å²) in [6, 6.07) is 21.3. The number of fused-ring (bicyclic) bond motifs is 3. The Bertz CT molecular complexity index is 1390. The summed E-state index contributed by atoms with van der Waals surface area (Å²) in [5.41, 5.74) is 3.74. The van der Waals surface area contributed by atoms with Gasteiger partial charge in [0.15, 0.2) is 0 Å². The minimum absolute atomic E-state index is 0.164. The van der Waals surface area contributed by atoms with Crippen LogP contribution >= 0.6 is 0 Å². The molecule has 0 spiro atoms. The van der Waals surface area contributed by atoms with Gasteiger partial charge in [0.1, 0.15) is 5.75 Å². The average Bonchev–Trinajstić information content (AvgIpc) is 3.24. The summed E-state index contributed by atoms with van der Waals surface area (Å²) in [4.78, 5) is 12.8. The Labute approximate surface area is 199 Å². The van der Waals surface area contributed by atoms with Crippen molar-refractivity contribution in [3.63, 3.8) is 0 Å². The molecule has 0 aliphatic carbocycles. The average molecular weight is 476 g/mol. The molecule has 174 valence electrons. The van der Waals surface area contributed by atoms with E-state index in [4.69, 9.17) is 9.84 Å². The molecule has 8 heteroatoms. The van der Waals surface area contributed by atoms with Crippen LogP contribution in [-0.4, -0.2) is 38.7 Å². The Kier molecular flexibility index (Phi) is 5.40. The number of anilines is 1. The summed E-state index contributed by atoms with van der Waals surface area (Å²) in [6.07, 6.45) is 0. The van der Waals surface area contributed by atoms with Crippen LogP contribution in [0.15, 0.2) is 82.8 Å². The summed E-state index contributed by atoms with van der Waals surface area (Å²) < 4.78 is 34.5. The smallest absolute Gasteiger partial charge is 0.264 e. The molecule has 0 aromatic heterocycles. The number of carbonyl (C=O) groups is 1. The number of rotatable bonds is 4. The van der Waals surface area contributed by atoms with Gasteiger partial charge in [0.05, 0.1) is 29.4 Å². The molecule has 0 bridgehead atoms. The molecule has 7 nitrogen and oxygen atoms in total. The van der Waals surface area contributed by atoms with E-state index in [1.165, 1.54) is 16.2 Å². The third kappa shape index (κ3) is 3.54. The third-order valence-corrected chi connectivity index (χ3v) is 8.19. The van der Waals surface area contributed by atoms with Gasteiger partial charge in [-0.1, -0.05) is 48.0 Å². The van der Waals surface area contributed by atoms with Gasteiger partial charge in [-0.25, -0.2) is 13.4 Å². The number of hydrogen-bond acceptors (Lipinski definition) is 5. The summed E-state index contributed by atoms with van der Waals surface area (Å²) in [6.45, 7) is 3.56. The van der Waals surface area contributed by atoms with Crippen LogP contribution in [0.1, 0.15) is 29.7 Å². The fourth-order valence-electron chi connectivity index (χ4n) is 4.71. The van der Waals surface area contributed by atoms with Crippen LogP contribution in [0.3, 0.4) is 0 Å². The molecule has 2 heterocycles. The molecule has 0 unspecified atom stereocenters. The van der Waals surface area contributed by atoms with E-state index in [9.17, 15) is 13.2 Å². The molecule has 5 rings (SSSR count). The van der Waals surface area contributed by atoms with Crippen LogP contribution in [0.25, 0.3) is 0 Å². The van der Waals surface area contributed by atoms with Gasteiger partial charge in [0.25, 0.3) is 10.0 Å². The number of hydrazone groups is 1. The van der Waals surface area contributed by atoms with Crippen molar-refractivity contribution in [2.24, 2.45) is 11.0 Å². The SMILES string of the molecule is COc1ccc2c(c1)C1=NN(C(C)=O)[C@H](c3ccccc3)[C@H]1CN2S(=O)(=O)c1ccc(C)cc1. The maximum absolute atomic E-state index is 13.8. The van der Waals surface area contributed by atoms with E-state index in [1.807, 2.05) is 37.3 Å². The van der Waals surface area contributed by atoms with E-state index in [2.05, 4.69) is 0 Å². The predicted octanol–water partition coefficient (Wildman–Crippen LogP) is 4.14. The third-order valence-electron chi connectivity index (χ3n) is 6.39. The maximum Gasteiger partial charge on any atom is 0.264 e. The van der Waals surface area contributed by atoms with E-state index in [1.54, 1.807) is 49.6 Å². The first kappa shape index (κ1) is 22.2. The van der Waals surface area contributed by atoms with Gasteiger partial charge in [0, 0.05) is 24.9 Å². The van der Waals surface area contributed by atoms with E-state index in [-0.39, 0.29) is 23.3 Å². The van der Waals surface area contributed by atoms with E-state index >= 15 is 0 Å². The van der Waals surface area contributed by atoms with Crippen molar-refractivity contribution in [1.82, 2.24) is 5.01 Å². The van der Waals surface area contributed by atoms with E-state index in [0.717, 1.165) is 11.1 Å². The second-order valence-corrected chi connectivity index (χ2v) is 10.4. The lowest BCUT2D eigenvalue weighted by molar-refractivity contribution is -0.131. The minimum Gasteiger partial charge on any atom is -0.497 e. The number of ether oxygens (including phenoxy) is 1. The number of methoxy groups -OCH3 is 1. The minimum atomic E-state index is -3.86. The Morgan fingerprint density at radius 3 is 2.38 bits per heavy atom. The van der Waals surface area contributed by atoms with Gasteiger partial charge in [-0.05, 0) is 42.8 Å². The molecule has 0 N–H and O–H groups in total. The number of sulfonamides is 1. The molecular formula is C26H25N3O4S. The van der Waals surface area contributed by atoms with Crippen molar-refractivity contribution >= 4 is 27.3 Å². The molecule has 0 saturated carbocycles. The van der Waals surface area contributed by atoms with Gasteiger partial charge >= 0.3 is 0 Å². The van der Waals surface area contributed by atoms with Crippen LogP contribution in [-0.2, 0) is 14.8 Å². The van der Waals surface area contributed by atoms with Gasteiger partial charge in [-0.3, -0.25) is 9.10 Å². The van der Waals surface area contributed by atoms with E-state index in [0.29, 0.717) is 22.7 Å². The maximum atomic E-state index is 13.8. The molecule has 2 aliphatic heterocycles. The quantitative estimate of drug-likeness (QED) is 0.568. The van der Waals surface area contributed by atoms with Crippen LogP contribution in [0.5, 0.6) is 5.75 Å². The Balaban J connectivity index is 1.69. The largest absolute Gasteiger partial charge is 0.497 e. The molecule has 34 heavy (non-hydrogen) atoms. The molecule has 0 radical (unpaired) electrons. The number of nitrogens with zero attached hydrogens (tertiary/aromatic N) is 3. The number of aryl methyl sites for hydroxylation is 1. The first-order chi connectivity index (χ1) is 16.3. The molecule has 3 aromatic carbocycles. The molecule has 2 aliphatic rings. The van der Waals surface area contributed by atoms with Crippen LogP contribution in [0, 0.1) is 12.8 Å². The van der Waals surface area contributed by atoms with Gasteiger partial charge in [-0.2, -0.15) is 5.10 Å². The normalized spacial score (nSPS) is 19.3. The molecular weight excluding hydrogens is 450 g/mol. The zero-order chi connectivity index (χ0) is 24.0. The first-order valence-electron chi connectivity index (χ1n) is 11.0. The monoisotopic (exact) mass is 475 g/mol. The highest BCUT2D eigenvalue weighted by Crippen LogP contribution is 2.45. The Morgan fingerprint density at radius 1 is 1.03 bits per heavy atom. The van der Waals surface area contributed by atoms with Crippen LogP contribution < -0.4 is 9.04 Å². The number of hydrogen-bond donors (Lipinski definition) is 0. The van der Waals surface area contributed by atoms with E-state index < -0.39 is 16.1 Å². The summed E-state index contributed by atoms with van der Waals surface area (Å²) >= 11 is 0. The first-order valence-corrected chi connectivity index (χ1v) is 12.5. The predicted molar refractivity (Wildman–Crippen MR) is 130 cm³/mol. The second-order valence-electron chi connectivity index (χ2n) is 8.54. The lowest BCUT2D eigenvalue weighted by Crippen LogP contribution is -2.44. The van der Waals surface area contributed by atoms with Crippen LogP contribution in [0.2, 0.25) is 0 Å². The topological polar surface area (TPSA) is 79.3 Å². The highest BCUT2D eigenvalue weighted by molar-refractivity contribution is 7.92. The van der Waals surface area contributed by atoms with Crippen LogP contribution in [0.4, 0.5) is 5.69 Å². The number of amides is 1. The van der Waals surface area contributed by atoms with Gasteiger partial charge in [0.2, 0.25) is 5.91 Å². The van der Waals surface area contributed by atoms with Crippen molar-refractivity contribution in [2.45, 2.75) is 24.8 Å².